The number of ether oxygens (including phenoxy) is 1. The van der Waals surface area contributed by atoms with Crippen LogP contribution in [0.4, 0.5) is 0 Å². The lowest BCUT2D eigenvalue weighted by molar-refractivity contribution is 0.339. The Kier molecular flexibility index (Phi) is 4.75. The quantitative estimate of drug-likeness (QED) is 0.818. The SMILES string of the molecule is CCOc1ccc([C@H]2CCCN2S(=O)(=O)c2ccc(C)s2)cc1. The summed E-state index contributed by atoms with van der Waals surface area (Å²) in [6.45, 7) is 5.08. The van der Waals surface area contributed by atoms with Gasteiger partial charge in [0.05, 0.1) is 12.6 Å². The lowest BCUT2D eigenvalue weighted by Crippen LogP contribution is -2.30. The second kappa shape index (κ2) is 6.63. The average Bonchev–Trinajstić information content (AvgIpc) is 3.18. The Morgan fingerprint density at radius 3 is 2.57 bits per heavy atom. The fourth-order valence-corrected chi connectivity index (χ4v) is 6.08. The van der Waals surface area contributed by atoms with Gasteiger partial charge >= 0.3 is 0 Å². The van der Waals surface area contributed by atoms with Crippen LogP contribution < -0.4 is 4.74 Å². The van der Waals surface area contributed by atoms with Crippen molar-refractivity contribution in [2.75, 3.05) is 13.2 Å². The summed E-state index contributed by atoms with van der Waals surface area (Å²) >= 11 is 1.34. The highest BCUT2D eigenvalue weighted by Gasteiger charge is 2.36. The molecule has 1 saturated heterocycles. The van der Waals surface area contributed by atoms with Gasteiger partial charge in [0.25, 0.3) is 10.0 Å². The first-order chi connectivity index (χ1) is 11.0. The maximum atomic E-state index is 12.9. The number of nitrogens with zero attached hydrogens (tertiary/aromatic N) is 1. The molecule has 124 valence electrons. The van der Waals surface area contributed by atoms with Crippen molar-refractivity contribution in [1.29, 1.82) is 0 Å². The van der Waals surface area contributed by atoms with E-state index in [2.05, 4.69) is 0 Å². The molecule has 23 heavy (non-hydrogen) atoms. The molecule has 0 spiro atoms. The fourth-order valence-electron chi connectivity index (χ4n) is 2.98. The van der Waals surface area contributed by atoms with Crippen molar-refractivity contribution >= 4 is 21.4 Å². The molecule has 0 aliphatic carbocycles. The number of rotatable bonds is 5. The topological polar surface area (TPSA) is 46.6 Å². The van der Waals surface area contributed by atoms with Gasteiger partial charge in [0.2, 0.25) is 0 Å². The summed E-state index contributed by atoms with van der Waals surface area (Å²) in [6.07, 6.45) is 1.75. The molecular weight excluding hydrogens is 330 g/mol. The summed E-state index contributed by atoms with van der Waals surface area (Å²) in [5.74, 6) is 0.817. The summed E-state index contributed by atoms with van der Waals surface area (Å²) in [5, 5.41) is 0. The van der Waals surface area contributed by atoms with Gasteiger partial charge in [-0.25, -0.2) is 8.42 Å². The lowest BCUT2D eigenvalue weighted by atomic mass is 10.1. The third-order valence-corrected chi connectivity index (χ3v) is 7.43. The molecule has 1 fully saturated rings. The lowest BCUT2D eigenvalue weighted by Gasteiger charge is -2.24. The Bertz CT molecular complexity index is 765. The minimum Gasteiger partial charge on any atom is -0.494 e. The van der Waals surface area contributed by atoms with Crippen LogP contribution in [0.1, 0.15) is 36.2 Å². The molecule has 1 aliphatic heterocycles. The molecule has 2 heterocycles. The zero-order chi connectivity index (χ0) is 16.4. The zero-order valence-corrected chi connectivity index (χ0v) is 15.0. The standard InChI is InChI=1S/C17H21NO3S2/c1-3-21-15-9-7-14(8-10-15)16-5-4-12-18(16)23(19,20)17-11-6-13(2)22-17/h6-11,16H,3-5,12H2,1-2H3/t16-/m1/s1. The Hall–Kier alpha value is -1.37. The largest absolute Gasteiger partial charge is 0.494 e. The third kappa shape index (κ3) is 3.29. The van der Waals surface area contributed by atoms with Crippen molar-refractivity contribution in [3.8, 4) is 5.75 Å². The predicted octanol–water partition coefficient (Wildman–Crippen LogP) is 3.98. The summed E-state index contributed by atoms with van der Waals surface area (Å²) in [7, 11) is -3.41. The first-order valence-corrected chi connectivity index (χ1v) is 10.1. The number of benzene rings is 1. The van der Waals surface area contributed by atoms with Gasteiger partial charge in [0, 0.05) is 11.4 Å². The van der Waals surface area contributed by atoms with Gasteiger partial charge in [-0.15, -0.1) is 11.3 Å². The fraction of sp³-hybridized carbons (Fsp3) is 0.412. The molecule has 4 nitrogen and oxygen atoms in total. The maximum absolute atomic E-state index is 12.9. The van der Waals surface area contributed by atoms with Gasteiger partial charge < -0.3 is 4.74 Å². The molecule has 0 unspecified atom stereocenters. The number of aryl methyl sites for hydroxylation is 1. The minimum atomic E-state index is -3.41. The minimum absolute atomic E-state index is 0.0851. The van der Waals surface area contributed by atoms with E-state index >= 15 is 0 Å². The van der Waals surface area contributed by atoms with Crippen molar-refractivity contribution in [2.45, 2.75) is 36.9 Å². The van der Waals surface area contributed by atoms with Crippen molar-refractivity contribution in [1.82, 2.24) is 4.31 Å². The van der Waals surface area contributed by atoms with E-state index < -0.39 is 10.0 Å². The number of hydrogen-bond donors (Lipinski definition) is 0. The van der Waals surface area contributed by atoms with Gasteiger partial charge in [-0.2, -0.15) is 4.31 Å². The Balaban J connectivity index is 1.88. The van der Waals surface area contributed by atoms with Crippen LogP contribution in [-0.4, -0.2) is 25.9 Å². The first kappa shape index (κ1) is 16.5. The molecule has 0 radical (unpaired) electrons. The van der Waals surface area contributed by atoms with Crippen LogP contribution in [-0.2, 0) is 10.0 Å². The predicted molar refractivity (Wildman–Crippen MR) is 92.5 cm³/mol. The van der Waals surface area contributed by atoms with Crippen LogP contribution in [0, 0.1) is 6.92 Å². The molecule has 1 aromatic carbocycles. The highest BCUT2D eigenvalue weighted by atomic mass is 32.2. The molecule has 0 bridgehead atoms. The molecule has 2 aromatic rings. The number of thiophene rings is 1. The van der Waals surface area contributed by atoms with E-state index in [0.29, 0.717) is 17.4 Å². The molecule has 3 rings (SSSR count). The molecular formula is C17H21NO3S2. The van der Waals surface area contributed by atoms with E-state index in [9.17, 15) is 8.42 Å². The van der Waals surface area contributed by atoms with Gasteiger partial charge in [-0.3, -0.25) is 0 Å². The second-order valence-electron chi connectivity index (χ2n) is 5.64. The van der Waals surface area contributed by atoms with Crippen LogP contribution in [0.15, 0.2) is 40.6 Å². The smallest absolute Gasteiger partial charge is 0.253 e. The van der Waals surface area contributed by atoms with E-state index in [4.69, 9.17) is 4.74 Å². The Morgan fingerprint density at radius 1 is 1.22 bits per heavy atom. The Morgan fingerprint density at radius 2 is 1.96 bits per heavy atom. The van der Waals surface area contributed by atoms with E-state index in [0.717, 1.165) is 29.0 Å². The normalized spacial score (nSPS) is 19.1. The molecule has 1 aromatic heterocycles. The maximum Gasteiger partial charge on any atom is 0.253 e. The van der Waals surface area contributed by atoms with E-state index in [1.807, 2.05) is 44.2 Å². The van der Waals surface area contributed by atoms with Crippen LogP contribution in [0.5, 0.6) is 5.75 Å². The summed E-state index contributed by atoms with van der Waals surface area (Å²) in [6, 6.07) is 11.3. The molecule has 1 atom stereocenters. The van der Waals surface area contributed by atoms with E-state index in [1.54, 1.807) is 10.4 Å². The summed E-state index contributed by atoms with van der Waals surface area (Å²) < 4.78 is 33.4. The monoisotopic (exact) mass is 351 g/mol. The van der Waals surface area contributed by atoms with Crippen LogP contribution in [0.25, 0.3) is 0 Å². The van der Waals surface area contributed by atoms with Crippen molar-refractivity contribution in [3.63, 3.8) is 0 Å². The van der Waals surface area contributed by atoms with E-state index in [1.165, 1.54) is 11.3 Å². The number of sulfonamides is 1. The summed E-state index contributed by atoms with van der Waals surface area (Å²) in [4.78, 5) is 1.01. The Labute approximate surface area is 141 Å². The average molecular weight is 351 g/mol. The molecule has 0 amide bonds. The summed E-state index contributed by atoms with van der Waals surface area (Å²) in [5.41, 5.74) is 1.03. The molecule has 0 saturated carbocycles. The third-order valence-electron chi connectivity index (χ3n) is 4.06. The van der Waals surface area contributed by atoms with Crippen LogP contribution in [0.3, 0.4) is 0 Å². The van der Waals surface area contributed by atoms with Crippen molar-refractivity contribution in [2.24, 2.45) is 0 Å². The van der Waals surface area contributed by atoms with E-state index in [-0.39, 0.29) is 6.04 Å². The van der Waals surface area contributed by atoms with Crippen LogP contribution in [0.2, 0.25) is 0 Å². The first-order valence-electron chi connectivity index (χ1n) is 7.83. The molecule has 0 N–H and O–H groups in total. The zero-order valence-electron chi connectivity index (χ0n) is 13.4. The molecule has 6 heteroatoms. The van der Waals surface area contributed by atoms with Gasteiger partial charge in [-0.1, -0.05) is 12.1 Å². The van der Waals surface area contributed by atoms with Crippen molar-refractivity contribution in [3.05, 3.63) is 46.8 Å². The van der Waals surface area contributed by atoms with Gasteiger partial charge in [0.15, 0.2) is 0 Å². The van der Waals surface area contributed by atoms with Gasteiger partial charge in [0.1, 0.15) is 9.96 Å². The number of hydrogen-bond acceptors (Lipinski definition) is 4. The highest BCUT2D eigenvalue weighted by molar-refractivity contribution is 7.91. The van der Waals surface area contributed by atoms with Crippen LogP contribution >= 0.6 is 11.3 Å². The second-order valence-corrected chi connectivity index (χ2v) is 9.05. The van der Waals surface area contributed by atoms with Crippen molar-refractivity contribution < 1.29 is 13.2 Å². The molecule has 1 aliphatic rings. The highest BCUT2D eigenvalue weighted by Crippen LogP contribution is 2.38. The van der Waals surface area contributed by atoms with Gasteiger partial charge in [-0.05, 0) is 56.5 Å².